The Hall–Kier alpha value is -4.04. The van der Waals surface area contributed by atoms with E-state index in [1.54, 1.807) is 65.6 Å². The minimum Gasteiger partial charge on any atom is -0.506 e. The van der Waals surface area contributed by atoms with Gasteiger partial charge >= 0.3 is 6.03 Å². The van der Waals surface area contributed by atoms with Crippen molar-refractivity contribution >= 4 is 29.1 Å². The van der Waals surface area contributed by atoms with Gasteiger partial charge in [0.2, 0.25) is 0 Å². The third-order valence-corrected chi connectivity index (χ3v) is 5.20. The Bertz CT molecular complexity index is 1300. The van der Waals surface area contributed by atoms with Crippen LogP contribution >= 0.6 is 11.6 Å². The van der Waals surface area contributed by atoms with E-state index in [-0.39, 0.29) is 16.2 Å². The number of pyridine rings is 1. The summed E-state index contributed by atoms with van der Waals surface area (Å²) >= 11 is 6.09. The Labute approximate surface area is 202 Å². The molecule has 0 aliphatic rings. The van der Waals surface area contributed by atoms with E-state index in [0.29, 0.717) is 28.7 Å². The van der Waals surface area contributed by atoms with Gasteiger partial charge in [-0.2, -0.15) is 5.10 Å². The topological polar surface area (TPSA) is 101 Å². The highest BCUT2D eigenvalue weighted by molar-refractivity contribution is 6.32. The molecule has 0 atom stereocenters. The molecule has 0 aliphatic carbocycles. The van der Waals surface area contributed by atoms with Crippen LogP contribution in [-0.2, 0) is 5.41 Å². The zero-order valence-electron chi connectivity index (χ0n) is 18.9. The van der Waals surface area contributed by atoms with E-state index in [4.69, 9.17) is 16.3 Å². The van der Waals surface area contributed by atoms with Crippen LogP contribution in [0.2, 0.25) is 5.02 Å². The number of aromatic nitrogens is 3. The summed E-state index contributed by atoms with van der Waals surface area (Å²) in [4.78, 5) is 16.7. The van der Waals surface area contributed by atoms with Crippen LogP contribution in [0.4, 0.5) is 16.3 Å². The first-order valence-electron chi connectivity index (χ1n) is 10.5. The van der Waals surface area contributed by atoms with Gasteiger partial charge in [0, 0.05) is 29.6 Å². The van der Waals surface area contributed by atoms with Crippen LogP contribution in [0.5, 0.6) is 17.2 Å². The molecular weight excluding hydrogens is 454 g/mol. The van der Waals surface area contributed by atoms with Crippen molar-refractivity contribution in [2.75, 3.05) is 10.6 Å². The third-order valence-electron chi connectivity index (χ3n) is 4.89. The van der Waals surface area contributed by atoms with Crippen LogP contribution in [0, 0.1) is 0 Å². The molecule has 0 fully saturated rings. The summed E-state index contributed by atoms with van der Waals surface area (Å²) in [5, 5.41) is 20.2. The van der Waals surface area contributed by atoms with Crippen molar-refractivity contribution in [3.63, 3.8) is 0 Å². The van der Waals surface area contributed by atoms with Crippen molar-refractivity contribution in [1.82, 2.24) is 14.8 Å². The molecule has 0 aliphatic heterocycles. The van der Waals surface area contributed by atoms with Gasteiger partial charge in [0.05, 0.1) is 16.4 Å². The second-order valence-electron chi connectivity index (χ2n) is 8.60. The van der Waals surface area contributed by atoms with E-state index < -0.39 is 6.03 Å². The van der Waals surface area contributed by atoms with Crippen LogP contribution in [-0.4, -0.2) is 25.9 Å². The maximum Gasteiger partial charge on any atom is 0.324 e. The summed E-state index contributed by atoms with van der Waals surface area (Å²) in [6.07, 6.45) is 3.30. The molecule has 174 valence electrons. The smallest absolute Gasteiger partial charge is 0.324 e. The van der Waals surface area contributed by atoms with Gasteiger partial charge in [0.15, 0.2) is 0 Å². The molecule has 2 heterocycles. The number of rotatable bonds is 5. The fraction of sp³-hybridized carbons (Fsp3) is 0.160. The molecule has 2 amide bonds. The first kappa shape index (κ1) is 23.1. The number of ether oxygens (including phenoxy) is 1. The number of carbonyl (C=O) groups excluding carboxylic acids is 1. The lowest BCUT2D eigenvalue weighted by molar-refractivity contribution is 0.262. The molecule has 34 heavy (non-hydrogen) atoms. The van der Waals surface area contributed by atoms with E-state index in [9.17, 15) is 9.90 Å². The molecule has 2 aromatic heterocycles. The number of urea groups is 1. The van der Waals surface area contributed by atoms with Crippen molar-refractivity contribution in [2.24, 2.45) is 0 Å². The first-order valence-corrected chi connectivity index (χ1v) is 10.9. The molecule has 3 N–H and O–H groups in total. The molecule has 4 aromatic rings. The number of nitrogens with one attached hydrogen (secondary N) is 2. The normalized spacial score (nSPS) is 11.2. The average molecular weight is 478 g/mol. The minimum absolute atomic E-state index is 0.0303. The Morgan fingerprint density at radius 1 is 0.971 bits per heavy atom. The van der Waals surface area contributed by atoms with Crippen LogP contribution in [0.25, 0.3) is 5.69 Å². The van der Waals surface area contributed by atoms with Crippen LogP contribution < -0.4 is 15.4 Å². The number of benzene rings is 2. The van der Waals surface area contributed by atoms with Crippen molar-refractivity contribution in [1.29, 1.82) is 0 Å². The molecule has 4 rings (SSSR count). The van der Waals surface area contributed by atoms with E-state index in [0.717, 1.165) is 5.69 Å². The van der Waals surface area contributed by atoms with Crippen molar-refractivity contribution in [3.05, 3.63) is 83.8 Å². The van der Waals surface area contributed by atoms with Crippen molar-refractivity contribution < 1.29 is 14.6 Å². The van der Waals surface area contributed by atoms with Crippen LogP contribution in [0.15, 0.2) is 73.1 Å². The Morgan fingerprint density at radius 3 is 2.29 bits per heavy atom. The number of halogens is 1. The third kappa shape index (κ3) is 5.47. The number of nitrogens with zero attached hydrogens (tertiary/aromatic N) is 3. The first-order chi connectivity index (χ1) is 16.2. The zero-order chi connectivity index (χ0) is 24.3. The Morgan fingerprint density at radius 2 is 1.65 bits per heavy atom. The fourth-order valence-electron chi connectivity index (χ4n) is 3.09. The van der Waals surface area contributed by atoms with Crippen LogP contribution in [0.1, 0.15) is 26.5 Å². The van der Waals surface area contributed by atoms with Gasteiger partial charge in [0.25, 0.3) is 0 Å². The molecule has 0 spiro atoms. The quantitative estimate of drug-likeness (QED) is 0.310. The van der Waals surface area contributed by atoms with Gasteiger partial charge in [-0.05, 0) is 54.6 Å². The number of aromatic hydroxyl groups is 1. The summed E-state index contributed by atoms with van der Waals surface area (Å²) in [5.41, 5.74) is 1.73. The highest BCUT2D eigenvalue weighted by Gasteiger charge is 2.22. The highest BCUT2D eigenvalue weighted by atomic mass is 35.5. The van der Waals surface area contributed by atoms with Crippen molar-refractivity contribution in [3.8, 4) is 22.9 Å². The Kier molecular flexibility index (Phi) is 6.43. The lowest BCUT2D eigenvalue weighted by atomic mass is 9.92. The summed E-state index contributed by atoms with van der Waals surface area (Å²) < 4.78 is 7.32. The highest BCUT2D eigenvalue weighted by Crippen LogP contribution is 2.30. The molecule has 0 saturated carbocycles. The lowest BCUT2D eigenvalue weighted by Crippen LogP contribution is -2.21. The largest absolute Gasteiger partial charge is 0.506 e. The number of hydrogen-bond acceptors (Lipinski definition) is 5. The molecule has 0 bridgehead atoms. The molecule has 2 aromatic carbocycles. The SMILES string of the molecule is CC(C)(C)c1cc(NC(=O)Nc2ccc(Oc3ccncc3)cc2)n(-c2ccc(O)c(Cl)c2)n1. The van der Waals surface area contributed by atoms with Gasteiger partial charge in [-0.3, -0.25) is 10.3 Å². The van der Waals surface area contributed by atoms with Gasteiger partial charge in [-0.25, -0.2) is 9.48 Å². The molecular formula is C25H24ClN5O3. The van der Waals surface area contributed by atoms with E-state index in [1.807, 2.05) is 26.8 Å². The molecule has 0 radical (unpaired) electrons. The second kappa shape index (κ2) is 9.44. The maximum atomic E-state index is 12.8. The zero-order valence-corrected chi connectivity index (χ0v) is 19.7. The summed E-state index contributed by atoms with van der Waals surface area (Å²) in [6.45, 7) is 6.09. The number of hydrogen-bond donors (Lipinski definition) is 3. The maximum absolute atomic E-state index is 12.8. The molecule has 9 heteroatoms. The Balaban J connectivity index is 1.51. The summed E-state index contributed by atoms with van der Waals surface area (Å²) in [7, 11) is 0. The van der Waals surface area contributed by atoms with Gasteiger partial charge < -0.3 is 15.2 Å². The van der Waals surface area contributed by atoms with Gasteiger partial charge in [-0.1, -0.05) is 32.4 Å². The molecule has 8 nitrogen and oxygen atoms in total. The molecule has 0 unspecified atom stereocenters. The van der Waals surface area contributed by atoms with Crippen LogP contribution in [0.3, 0.4) is 0 Å². The predicted octanol–water partition coefficient (Wildman–Crippen LogP) is 6.36. The monoisotopic (exact) mass is 477 g/mol. The predicted molar refractivity (Wildman–Crippen MR) is 132 cm³/mol. The average Bonchev–Trinajstić information content (AvgIpc) is 3.22. The van der Waals surface area contributed by atoms with Gasteiger partial charge in [0.1, 0.15) is 23.1 Å². The number of phenols is 1. The fourth-order valence-corrected chi connectivity index (χ4v) is 3.26. The number of anilines is 2. The number of amides is 2. The van der Waals surface area contributed by atoms with Crippen molar-refractivity contribution in [2.45, 2.75) is 26.2 Å². The van der Waals surface area contributed by atoms with E-state index in [2.05, 4.69) is 20.7 Å². The van der Waals surface area contributed by atoms with E-state index in [1.165, 1.54) is 6.07 Å². The second-order valence-corrected chi connectivity index (χ2v) is 9.01. The minimum atomic E-state index is -0.436. The van der Waals surface area contributed by atoms with E-state index >= 15 is 0 Å². The summed E-state index contributed by atoms with van der Waals surface area (Å²) in [6, 6.07) is 16.6. The summed E-state index contributed by atoms with van der Waals surface area (Å²) in [5.74, 6) is 1.74. The number of phenolic OH excluding ortho intramolecular Hbond substituents is 1. The standard InChI is InChI=1S/C25H24ClN5O3/c1-25(2,3)22-15-23(31(30-22)17-6-9-21(32)20(26)14-17)29-24(33)28-16-4-7-18(8-5-16)34-19-10-12-27-13-11-19/h4-15,32H,1-3H3,(H2,28,29,33). The number of carbonyl (C=O) groups is 1. The van der Waals surface area contributed by atoms with Gasteiger partial charge in [-0.15, -0.1) is 0 Å². The lowest BCUT2D eigenvalue weighted by Gasteiger charge is -2.14. The molecule has 0 saturated heterocycles.